The van der Waals surface area contributed by atoms with Crippen LogP contribution in [0.2, 0.25) is 0 Å². The summed E-state index contributed by atoms with van der Waals surface area (Å²) in [5.74, 6) is 1.49. The van der Waals surface area contributed by atoms with Gasteiger partial charge < -0.3 is 14.7 Å². The molecule has 1 N–H and O–H groups in total. The van der Waals surface area contributed by atoms with Crippen LogP contribution in [0.5, 0.6) is 11.5 Å². The van der Waals surface area contributed by atoms with Crippen LogP contribution in [0.4, 0.5) is 0 Å². The number of carbonyl (C=O) groups is 1. The number of phenolic OH excluding ortho intramolecular Hbond substituents is 1. The summed E-state index contributed by atoms with van der Waals surface area (Å²) in [6, 6.07) is 6.11. The minimum Gasteiger partial charge on any atom is -0.504 e. The number of aromatic hydroxyl groups is 1. The zero-order valence-corrected chi connectivity index (χ0v) is 15.4. The molecule has 25 heavy (non-hydrogen) atoms. The lowest BCUT2D eigenvalue weighted by Crippen LogP contribution is -2.44. The molecule has 3 aliphatic heterocycles. The normalized spacial score (nSPS) is 24.1. The molecular weight excluding hydrogens is 318 g/mol. The largest absolute Gasteiger partial charge is 0.504 e. The molecule has 0 saturated carbocycles. The van der Waals surface area contributed by atoms with Gasteiger partial charge in [0, 0.05) is 46.3 Å². The van der Waals surface area contributed by atoms with Gasteiger partial charge in [0.25, 0.3) is 0 Å². The number of benzene rings is 1. The number of carbonyl (C=O) groups excluding carboxylic acids is 1. The van der Waals surface area contributed by atoms with Gasteiger partial charge in [-0.05, 0) is 36.5 Å². The summed E-state index contributed by atoms with van der Waals surface area (Å²) in [5.41, 5.74) is 1.10. The Bertz CT molecular complexity index is 620. The first kappa shape index (κ1) is 18.0. The van der Waals surface area contributed by atoms with Crippen LogP contribution in [0, 0.1) is 5.92 Å². The molecule has 3 saturated heterocycles. The average Bonchev–Trinajstić information content (AvgIpc) is 2.85. The van der Waals surface area contributed by atoms with E-state index >= 15 is 0 Å². The summed E-state index contributed by atoms with van der Waals surface area (Å²) >= 11 is 0. The van der Waals surface area contributed by atoms with Crippen molar-refractivity contribution in [2.45, 2.75) is 25.4 Å². The lowest BCUT2D eigenvalue weighted by Gasteiger charge is -2.36. The smallest absolute Gasteiger partial charge is 0.236 e. The van der Waals surface area contributed by atoms with Gasteiger partial charge in [0.1, 0.15) is 0 Å². The van der Waals surface area contributed by atoms with Gasteiger partial charge in [-0.1, -0.05) is 6.07 Å². The van der Waals surface area contributed by atoms with Crippen molar-refractivity contribution in [2.24, 2.45) is 5.92 Å². The summed E-state index contributed by atoms with van der Waals surface area (Å²) in [7, 11) is 5.19. The van der Waals surface area contributed by atoms with Crippen molar-refractivity contribution in [3.8, 4) is 11.5 Å². The van der Waals surface area contributed by atoms with Crippen LogP contribution in [0.3, 0.4) is 0 Å². The minimum absolute atomic E-state index is 0.174. The number of rotatable bonds is 5. The second-order valence-corrected chi connectivity index (χ2v) is 7.52. The highest BCUT2D eigenvalue weighted by Gasteiger charge is 2.35. The van der Waals surface area contributed by atoms with E-state index in [9.17, 15) is 9.90 Å². The molecule has 138 valence electrons. The third kappa shape index (κ3) is 4.25. The first-order chi connectivity index (χ1) is 12.0. The summed E-state index contributed by atoms with van der Waals surface area (Å²) in [6.07, 6.45) is 2.42. The van der Waals surface area contributed by atoms with Crippen molar-refractivity contribution in [1.29, 1.82) is 0 Å². The van der Waals surface area contributed by atoms with Gasteiger partial charge in [0.05, 0.1) is 13.7 Å². The maximum atomic E-state index is 12.1. The van der Waals surface area contributed by atoms with E-state index in [0.29, 0.717) is 24.3 Å². The van der Waals surface area contributed by atoms with E-state index in [1.807, 2.05) is 26.2 Å². The molecule has 6 nitrogen and oxygen atoms in total. The van der Waals surface area contributed by atoms with Gasteiger partial charge >= 0.3 is 0 Å². The SMILES string of the molecule is COc1ccc(CN2C[C@H]3CC[C@@H]2CN(CC(=O)N(C)C)C3)cc1O. The Balaban J connectivity index is 1.66. The molecule has 1 aromatic carbocycles. The van der Waals surface area contributed by atoms with Crippen molar-refractivity contribution in [3.63, 3.8) is 0 Å². The summed E-state index contributed by atoms with van der Waals surface area (Å²) < 4.78 is 5.12. The molecule has 1 aromatic rings. The summed E-state index contributed by atoms with van der Waals surface area (Å²) in [4.78, 5) is 18.6. The molecule has 4 rings (SSSR count). The minimum atomic E-state index is 0.174. The molecule has 1 amide bonds. The van der Waals surface area contributed by atoms with E-state index in [1.54, 1.807) is 18.1 Å². The first-order valence-electron chi connectivity index (χ1n) is 8.98. The van der Waals surface area contributed by atoms with Crippen LogP contribution in [-0.2, 0) is 11.3 Å². The molecule has 0 unspecified atom stereocenters. The third-order valence-corrected chi connectivity index (χ3v) is 5.39. The van der Waals surface area contributed by atoms with Gasteiger partial charge in [0.2, 0.25) is 5.91 Å². The Labute approximate surface area is 150 Å². The highest BCUT2D eigenvalue weighted by atomic mass is 16.5. The van der Waals surface area contributed by atoms with E-state index in [0.717, 1.165) is 31.7 Å². The highest BCUT2D eigenvalue weighted by Crippen LogP contribution is 2.31. The predicted octanol–water partition coefficient (Wildman–Crippen LogP) is 1.39. The van der Waals surface area contributed by atoms with Crippen molar-refractivity contribution in [3.05, 3.63) is 23.8 Å². The molecule has 0 spiro atoms. The number of phenols is 1. The molecule has 2 bridgehead atoms. The molecule has 0 aliphatic carbocycles. The van der Waals surface area contributed by atoms with Crippen molar-refractivity contribution in [2.75, 3.05) is 47.4 Å². The number of hydrogen-bond donors (Lipinski definition) is 1. The van der Waals surface area contributed by atoms with Gasteiger partial charge in [-0.2, -0.15) is 0 Å². The van der Waals surface area contributed by atoms with E-state index in [2.05, 4.69) is 9.80 Å². The zero-order valence-electron chi connectivity index (χ0n) is 15.4. The molecule has 3 heterocycles. The lowest BCUT2D eigenvalue weighted by atomic mass is 9.94. The Kier molecular flexibility index (Phi) is 5.49. The second kappa shape index (κ2) is 7.62. The van der Waals surface area contributed by atoms with Crippen LogP contribution in [0.1, 0.15) is 18.4 Å². The number of ether oxygens (including phenoxy) is 1. The highest BCUT2D eigenvalue weighted by molar-refractivity contribution is 5.77. The lowest BCUT2D eigenvalue weighted by molar-refractivity contribution is -0.130. The Hall–Kier alpha value is -1.79. The fourth-order valence-corrected chi connectivity index (χ4v) is 4.00. The summed E-state index contributed by atoms with van der Waals surface area (Å²) in [5, 5.41) is 10.0. The van der Waals surface area contributed by atoms with Crippen LogP contribution >= 0.6 is 0 Å². The molecule has 3 aliphatic rings. The number of likely N-dealkylation sites (N-methyl/N-ethyl adjacent to an activating group) is 1. The monoisotopic (exact) mass is 347 g/mol. The fraction of sp³-hybridized carbons (Fsp3) is 0.632. The Morgan fingerprint density at radius 2 is 2.08 bits per heavy atom. The van der Waals surface area contributed by atoms with E-state index in [-0.39, 0.29) is 11.7 Å². The maximum Gasteiger partial charge on any atom is 0.236 e. The van der Waals surface area contributed by atoms with Crippen LogP contribution in [0.15, 0.2) is 18.2 Å². The zero-order chi connectivity index (χ0) is 18.0. The third-order valence-electron chi connectivity index (χ3n) is 5.39. The number of nitrogens with zero attached hydrogens (tertiary/aromatic N) is 3. The number of hydrogen-bond acceptors (Lipinski definition) is 5. The number of methoxy groups -OCH3 is 1. The Morgan fingerprint density at radius 1 is 1.28 bits per heavy atom. The van der Waals surface area contributed by atoms with E-state index < -0.39 is 0 Å². The molecule has 0 aromatic heterocycles. The van der Waals surface area contributed by atoms with Gasteiger partial charge in [-0.25, -0.2) is 0 Å². The number of fused-ring (bicyclic) bond motifs is 4. The second-order valence-electron chi connectivity index (χ2n) is 7.52. The van der Waals surface area contributed by atoms with Crippen molar-refractivity contribution in [1.82, 2.24) is 14.7 Å². The quantitative estimate of drug-likeness (QED) is 0.872. The molecular formula is C19H29N3O3. The number of piperidine rings is 1. The molecule has 3 fully saturated rings. The predicted molar refractivity (Wildman–Crippen MR) is 96.7 cm³/mol. The molecule has 2 atom stereocenters. The Morgan fingerprint density at radius 3 is 2.76 bits per heavy atom. The van der Waals surface area contributed by atoms with Crippen LogP contribution < -0.4 is 4.74 Å². The maximum absolute atomic E-state index is 12.1. The van der Waals surface area contributed by atoms with Gasteiger partial charge in [-0.15, -0.1) is 0 Å². The topological polar surface area (TPSA) is 56.2 Å². The van der Waals surface area contributed by atoms with Gasteiger partial charge in [0.15, 0.2) is 11.5 Å². The molecule has 0 radical (unpaired) electrons. The number of amides is 1. The summed E-state index contributed by atoms with van der Waals surface area (Å²) in [6.45, 7) is 4.34. The van der Waals surface area contributed by atoms with Crippen LogP contribution in [0.25, 0.3) is 0 Å². The average molecular weight is 347 g/mol. The molecule has 6 heteroatoms. The first-order valence-corrected chi connectivity index (χ1v) is 8.98. The fourth-order valence-electron chi connectivity index (χ4n) is 4.00. The van der Waals surface area contributed by atoms with E-state index in [4.69, 9.17) is 4.74 Å². The van der Waals surface area contributed by atoms with E-state index in [1.165, 1.54) is 12.8 Å². The van der Waals surface area contributed by atoms with Crippen molar-refractivity contribution >= 4 is 5.91 Å². The van der Waals surface area contributed by atoms with Crippen LogP contribution in [-0.4, -0.2) is 79.1 Å². The van der Waals surface area contributed by atoms with Gasteiger partial charge in [-0.3, -0.25) is 14.6 Å². The van der Waals surface area contributed by atoms with Crippen molar-refractivity contribution < 1.29 is 14.6 Å². The standard InChI is InChI=1S/C19H29N3O3/c1-20(2)19(24)13-21-9-15-4-6-16(12-21)22(11-15)10-14-5-7-18(25-3)17(23)8-14/h5,7-8,15-16,23H,4,6,9-13H2,1-3H3/t15-,16+/m0/s1.